The van der Waals surface area contributed by atoms with Crippen molar-refractivity contribution < 1.29 is 38.3 Å². The van der Waals surface area contributed by atoms with Gasteiger partial charge in [-0.3, -0.25) is 0 Å². The Morgan fingerprint density at radius 1 is 0.718 bits per heavy atom. The minimum absolute atomic E-state index is 0.0712. The normalized spacial score (nSPS) is 23.3. The van der Waals surface area contributed by atoms with Crippen LogP contribution in [0.15, 0.2) is 54.6 Å². The number of hydrogen-bond acceptors (Lipinski definition) is 8. The molecule has 2 aliphatic rings. The number of ether oxygens (including phenoxy) is 7. The van der Waals surface area contributed by atoms with E-state index in [4.69, 9.17) is 33.2 Å². The van der Waals surface area contributed by atoms with Gasteiger partial charge in [-0.05, 0) is 71.8 Å². The highest BCUT2D eigenvalue weighted by Crippen LogP contribution is 2.51. The van der Waals surface area contributed by atoms with Gasteiger partial charge in [0.05, 0.1) is 33.5 Å². The van der Waals surface area contributed by atoms with E-state index >= 15 is 0 Å². The Morgan fingerprint density at radius 2 is 1.31 bits per heavy atom. The highest BCUT2D eigenvalue weighted by Gasteiger charge is 2.41. The molecule has 1 saturated heterocycles. The van der Waals surface area contributed by atoms with Crippen molar-refractivity contribution >= 4 is 0 Å². The second kappa shape index (κ2) is 11.2. The lowest BCUT2D eigenvalue weighted by Gasteiger charge is -2.24. The first-order valence-corrected chi connectivity index (χ1v) is 13.1. The molecule has 0 aliphatic carbocycles. The summed E-state index contributed by atoms with van der Waals surface area (Å²) in [5.74, 6) is 4.33. The predicted octanol–water partition coefficient (Wildman–Crippen LogP) is 6.03. The van der Waals surface area contributed by atoms with E-state index in [0.717, 1.165) is 22.6 Å². The number of rotatable bonds is 9. The maximum Gasteiger partial charge on any atom is 0.231 e. The van der Waals surface area contributed by atoms with Crippen LogP contribution in [0.2, 0.25) is 0 Å². The smallest absolute Gasteiger partial charge is 0.231 e. The Balaban J connectivity index is 1.32. The number of aliphatic hydroxyl groups is 1. The molecule has 0 bridgehead atoms. The van der Waals surface area contributed by atoms with Gasteiger partial charge in [0.15, 0.2) is 34.5 Å². The summed E-state index contributed by atoms with van der Waals surface area (Å²) >= 11 is 0. The first-order chi connectivity index (χ1) is 18.8. The Labute approximate surface area is 229 Å². The van der Waals surface area contributed by atoms with E-state index in [1.807, 2.05) is 43.3 Å². The van der Waals surface area contributed by atoms with Crippen LogP contribution in [0.1, 0.15) is 55.8 Å². The maximum absolute atomic E-state index is 11.0. The zero-order valence-electron chi connectivity index (χ0n) is 23.2. The highest BCUT2D eigenvalue weighted by atomic mass is 16.7. The molecule has 0 spiro atoms. The predicted molar refractivity (Wildman–Crippen MR) is 145 cm³/mol. The Morgan fingerprint density at radius 3 is 2.00 bits per heavy atom. The van der Waals surface area contributed by atoms with E-state index in [2.05, 4.69) is 13.8 Å². The second-order valence-corrected chi connectivity index (χ2v) is 10.1. The first-order valence-electron chi connectivity index (χ1n) is 13.1. The van der Waals surface area contributed by atoms with Gasteiger partial charge in [0, 0.05) is 0 Å². The topological polar surface area (TPSA) is 84.8 Å². The standard InChI is InChI=1S/C31H36O8/c1-17-18(2)31(22-8-11-24-28(15-22)37-16-36-24)39-30(17)21-9-12-25(27(14-21)35-6)38-19(3)29(32)20-7-10-23(33-4)26(13-20)34-5/h7-15,17-19,29-32H,16H2,1-6H3/t17-,18-,19-,29+,30+,31+/m1/s1. The summed E-state index contributed by atoms with van der Waals surface area (Å²) in [5, 5.41) is 11.0. The van der Waals surface area contributed by atoms with Gasteiger partial charge in [-0.2, -0.15) is 0 Å². The molecular formula is C31H36O8. The van der Waals surface area contributed by atoms with Gasteiger partial charge in [-0.25, -0.2) is 0 Å². The monoisotopic (exact) mass is 536 g/mol. The van der Waals surface area contributed by atoms with E-state index in [-0.39, 0.29) is 30.8 Å². The summed E-state index contributed by atoms with van der Waals surface area (Å²) in [5.41, 5.74) is 2.74. The van der Waals surface area contributed by atoms with Gasteiger partial charge < -0.3 is 38.3 Å². The minimum atomic E-state index is -0.893. The minimum Gasteiger partial charge on any atom is -0.493 e. The average molecular weight is 537 g/mol. The summed E-state index contributed by atoms with van der Waals surface area (Å²) in [6.45, 7) is 6.48. The molecule has 3 aromatic carbocycles. The quantitative estimate of drug-likeness (QED) is 0.355. The van der Waals surface area contributed by atoms with Gasteiger partial charge in [0.1, 0.15) is 12.2 Å². The number of aliphatic hydroxyl groups excluding tert-OH is 1. The molecule has 0 saturated carbocycles. The van der Waals surface area contributed by atoms with Crippen molar-refractivity contribution in [2.75, 3.05) is 28.1 Å². The van der Waals surface area contributed by atoms with E-state index in [1.54, 1.807) is 39.5 Å². The van der Waals surface area contributed by atoms with Gasteiger partial charge in [0.25, 0.3) is 0 Å². The fourth-order valence-corrected chi connectivity index (χ4v) is 5.34. The van der Waals surface area contributed by atoms with Crippen LogP contribution in [0.25, 0.3) is 0 Å². The third-order valence-corrected chi connectivity index (χ3v) is 7.83. The van der Waals surface area contributed by atoms with Crippen LogP contribution in [0.5, 0.6) is 34.5 Å². The van der Waals surface area contributed by atoms with Crippen LogP contribution < -0.4 is 28.4 Å². The Hall–Kier alpha value is -3.62. The van der Waals surface area contributed by atoms with Crippen LogP contribution in [0.3, 0.4) is 0 Å². The zero-order chi connectivity index (χ0) is 27.7. The van der Waals surface area contributed by atoms with Crippen molar-refractivity contribution in [3.63, 3.8) is 0 Å². The zero-order valence-corrected chi connectivity index (χ0v) is 23.2. The van der Waals surface area contributed by atoms with Crippen molar-refractivity contribution in [3.8, 4) is 34.5 Å². The summed E-state index contributed by atoms with van der Waals surface area (Å²) < 4.78 is 40.2. The molecular weight excluding hydrogens is 500 g/mol. The van der Waals surface area contributed by atoms with E-state index in [0.29, 0.717) is 28.6 Å². The average Bonchev–Trinajstić information content (AvgIpc) is 3.56. The summed E-state index contributed by atoms with van der Waals surface area (Å²) in [6.07, 6.45) is -1.64. The van der Waals surface area contributed by atoms with Crippen molar-refractivity contribution in [2.24, 2.45) is 11.8 Å². The molecule has 8 nitrogen and oxygen atoms in total. The van der Waals surface area contributed by atoms with Crippen molar-refractivity contribution in [1.82, 2.24) is 0 Å². The molecule has 8 heteroatoms. The summed E-state index contributed by atoms with van der Waals surface area (Å²) in [4.78, 5) is 0. The number of fused-ring (bicyclic) bond motifs is 1. The molecule has 1 fully saturated rings. The van der Waals surface area contributed by atoms with Crippen LogP contribution in [0, 0.1) is 11.8 Å². The third kappa shape index (κ3) is 5.18. The fraction of sp³-hybridized carbons (Fsp3) is 0.419. The highest BCUT2D eigenvalue weighted by molar-refractivity contribution is 5.47. The lowest BCUT2D eigenvalue weighted by molar-refractivity contribution is 0.0285. The van der Waals surface area contributed by atoms with Gasteiger partial charge in [0.2, 0.25) is 6.79 Å². The molecule has 6 atom stereocenters. The number of methoxy groups -OCH3 is 3. The van der Waals surface area contributed by atoms with Crippen LogP contribution >= 0.6 is 0 Å². The lowest BCUT2D eigenvalue weighted by atomic mass is 9.85. The molecule has 0 unspecified atom stereocenters. The molecule has 1 N–H and O–H groups in total. The second-order valence-electron chi connectivity index (χ2n) is 10.1. The summed E-state index contributed by atoms with van der Waals surface area (Å²) in [6, 6.07) is 17.2. The summed E-state index contributed by atoms with van der Waals surface area (Å²) in [7, 11) is 4.75. The van der Waals surface area contributed by atoms with Gasteiger partial charge >= 0.3 is 0 Å². The third-order valence-electron chi connectivity index (χ3n) is 7.83. The SMILES string of the molecule is COc1ccc([C@@H](O)[C@@H](C)Oc2ccc([C@H]3O[C@H](c4ccc5c(c4)OCO5)[C@H](C)[C@H]3C)cc2OC)cc1OC. The number of benzene rings is 3. The van der Waals surface area contributed by atoms with E-state index in [1.165, 1.54) is 0 Å². The fourth-order valence-electron chi connectivity index (χ4n) is 5.34. The van der Waals surface area contributed by atoms with Crippen molar-refractivity contribution in [3.05, 3.63) is 71.3 Å². The molecule has 5 rings (SSSR count). The van der Waals surface area contributed by atoms with Crippen molar-refractivity contribution in [1.29, 1.82) is 0 Å². The maximum atomic E-state index is 11.0. The molecule has 0 amide bonds. The molecule has 2 aliphatic heterocycles. The van der Waals surface area contributed by atoms with Crippen molar-refractivity contribution in [2.45, 2.75) is 45.2 Å². The first kappa shape index (κ1) is 27.0. The lowest BCUT2D eigenvalue weighted by Crippen LogP contribution is -2.22. The van der Waals surface area contributed by atoms with E-state index < -0.39 is 12.2 Å². The van der Waals surface area contributed by atoms with Gasteiger partial charge in [-0.15, -0.1) is 0 Å². The Kier molecular flexibility index (Phi) is 7.77. The molecule has 3 aromatic rings. The van der Waals surface area contributed by atoms with Crippen LogP contribution in [-0.2, 0) is 4.74 Å². The molecule has 2 heterocycles. The molecule has 0 aromatic heterocycles. The molecule has 208 valence electrons. The van der Waals surface area contributed by atoms with Crippen LogP contribution in [0.4, 0.5) is 0 Å². The largest absolute Gasteiger partial charge is 0.493 e. The van der Waals surface area contributed by atoms with Crippen LogP contribution in [-0.4, -0.2) is 39.3 Å². The van der Waals surface area contributed by atoms with Gasteiger partial charge in [-0.1, -0.05) is 32.0 Å². The Bertz CT molecular complexity index is 1310. The number of hydrogen-bond donors (Lipinski definition) is 1. The van der Waals surface area contributed by atoms with E-state index in [9.17, 15) is 5.11 Å². The molecule has 39 heavy (non-hydrogen) atoms. The molecule has 0 radical (unpaired) electrons.